The van der Waals surface area contributed by atoms with Crippen molar-refractivity contribution in [1.82, 2.24) is 14.8 Å². The predicted octanol–water partition coefficient (Wildman–Crippen LogP) is 4.52. The molecule has 1 aliphatic rings. The van der Waals surface area contributed by atoms with Gasteiger partial charge in [0.1, 0.15) is 0 Å². The third-order valence-corrected chi connectivity index (χ3v) is 5.86. The Hall–Kier alpha value is -2.50. The minimum absolute atomic E-state index is 0.0591. The van der Waals surface area contributed by atoms with Gasteiger partial charge in [-0.1, -0.05) is 35.9 Å². The van der Waals surface area contributed by atoms with Gasteiger partial charge < -0.3 is 15.2 Å². The molecule has 146 valence electrons. The molecule has 0 spiro atoms. The van der Waals surface area contributed by atoms with Crippen LogP contribution in [0.2, 0.25) is 5.02 Å². The van der Waals surface area contributed by atoms with E-state index in [1.807, 2.05) is 24.0 Å². The molecule has 1 saturated heterocycles. The number of halogens is 1. The Balaban J connectivity index is 1.27. The molecule has 1 fully saturated rings. The number of urea groups is 1. The lowest BCUT2D eigenvalue weighted by Gasteiger charge is -2.34. The van der Waals surface area contributed by atoms with E-state index in [1.54, 1.807) is 6.07 Å². The van der Waals surface area contributed by atoms with E-state index in [1.165, 1.54) is 16.5 Å². The van der Waals surface area contributed by atoms with Crippen molar-refractivity contribution in [2.75, 3.05) is 38.0 Å². The normalized spacial score (nSPS) is 15.1. The average Bonchev–Trinajstić information content (AvgIpc) is 3.13. The molecule has 3 aromatic rings. The number of piperazine rings is 1. The topological polar surface area (TPSA) is 51.4 Å². The van der Waals surface area contributed by atoms with Crippen molar-refractivity contribution < 1.29 is 4.79 Å². The molecule has 2 amide bonds. The maximum absolute atomic E-state index is 12.5. The van der Waals surface area contributed by atoms with Crippen LogP contribution in [0.4, 0.5) is 10.5 Å². The largest absolute Gasteiger partial charge is 0.361 e. The molecule has 28 heavy (non-hydrogen) atoms. The molecule has 0 bridgehead atoms. The lowest BCUT2D eigenvalue weighted by atomic mass is 10.1. The van der Waals surface area contributed by atoms with Gasteiger partial charge in [0.25, 0.3) is 0 Å². The summed E-state index contributed by atoms with van der Waals surface area (Å²) in [6.07, 6.45) is 3.12. The third-order valence-electron chi connectivity index (χ3n) is 5.45. The number of benzene rings is 2. The van der Waals surface area contributed by atoms with Gasteiger partial charge in [-0.05, 0) is 42.7 Å². The van der Waals surface area contributed by atoms with Crippen molar-refractivity contribution in [1.29, 1.82) is 0 Å². The molecule has 6 heteroatoms. The van der Waals surface area contributed by atoms with Crippen LogP contribution < -0.4 is 5.32 Å². The number of hydrogen-bond donors (Lipinski definition) is 2. The number of nitrogens with one attached hydrogen (secondary N) is 2. The van der Waals surface area contributed by atoms with E-state index < -0.39 is 0 Å². The molecule has 2 N–H and O–H groups in total. The first-order valence-corrected chi connectivity index (χ1v) is 10.1. The Morgan fingerprint density at radius 2 is 1.93 bits per heavy atom. The zero-order valence-electron chi connectivity index (χ0n) is 16.0. The van der Waals surface area contributed by atoms with Crippen molar-refractivity contribution >= 4 is 34.2 Å². The summed E-state index contributed by atoms with van der Waals surface area (Å²) in [4.78, 5) is 20.1. The second kappa shape index (κ2) is 8.25. The van der Waals surface area contributed by atoms with E-state index in [0.717, 1.165) is 50.4 Å². The number of H-pyrrole nitrogens is 1. The average molecular weight is 397 g/mol. The molecule has 5 nitrogen and oxygen atoms in total. The quantitative estimate of drug-likeness (QED) is 0.681. The van der Waals surface area contributed by atoms with E-state index >= 15 is 0 Å². The van der Waals surface area contributed by atoms with Crippen LogP contribution in [0.25, 0.3) is 10.9 Å². The Morgan fingerprint density at radius 3 is 2.71 bits per heavy atom. The highest BCUT2D eigenvalue weighted by molar-refractivity contribution is 6.31. The van der Waals surface area contributed by atoms with E-state index in [-0.39, 0.29) is 6.03 Å². The lowest BCUT2D eigenvalue weighted by molar-refractivity contribution is 0.148. The molecule has 0 radical (unpaired) electrons. The number of fused-ring (bicyclic) bond motifs is 1. The number of aromatic amines is 1. The fourth-order valence-corrected chi connectivity index (χ4v) is 3.85. The maximum atomic E-state index is 12.5. The van der Waals surface area contributed by atoms with Crippen molar-refractivity contribution in [2.45, 2.75) is 13.3 Å². The lowest BCUT2D eigenvalue weighted by Crippen LogP contribution is -2.50. The summed E-state index contributed by atoms with van der Waals surface area (Å²) in [6, 6.07) is 14.0. The molecule has 0 aliphatic carbocycles. The standard InChI is InChI=1S/C22H25ClN4O/c1-16-6-7-18(14-20(16)23)25-22(28)27-12-10-26(11-13-27)9-8-17-15-24-21-5-3-2-4-19(17)21/h2-7,14-15,24H,8-13H2,1H3,(H,25,28). The Morgan fingerprint density at radius 1 is 1.14 bits per heavy atom. The number of carbonyl (C=O) groups is 1. The van der Waals surface area contributed by atoms with Crippen molar-refractivity contribution in [3.8, 4) is 0 Å². The summed E-state index contributed by atoms with van der Waals surface area (Å²) in [5, 5.41) is 4.92. The minimum Gasteiger partial charge on any atom is -0.361 e. The SMILES string of the molecule is Cc1ccc(NC(=O)N2CCN(CCc3c[nH]c4ccccc34)CC2)cc1Cl. The van der Waals surface area contributed by atoms with Crippen LogP contribution in [-0.4, -0.2) is 53.5 Å². The summed E-state index contributed by atoms with van der Waals surface area (Å²) in [6.45, 7) is 6.21. The first-order chi connectivity index (χ1) is 13.6. The van der Waals surface area contributed by atoms with Crippen LogP contribution in [0.1, 0.15) is 11.1 Å². The second-order valence-electron chi connectivity index (χ2n) is 7.33. The van der Waals surface area contributed by atoms with Crippen molar-refractivity contribution in [3.63, 3.8) is 0 Å². The molecule has 1 aliphatic heterocycles. The zero-order valence-corrected chi connectivity index (χ0v) is 16.8. The van der Waals surface area contributed by atoms with E-state index in [0.29, 0.717) is 5.02 Å². The van der Waals surface area contributed by atoms with Crippen LogP contribution in [0.15, 0.2) is 48.7 Å². The van der Waals surface area contributed by atoms with Gasteiger partial charge in [-0.3, -0.25) is 4.90 Å². The highest BCUT2D eigenvalue weighted by Crippen LogP contribution is 2.21. The molecule has 1 aromatic heterocycles. The predicted molar refractivity (Wildman–Crippen MR) is 115 cm³/mol. The summed E-state index contributed by atoms with van der Waals surface area (Å²) in [5.74, 6) is 0. The molecule has 0 atom stereocenters. The highest BCUT2D eigenvalue weighted by Gasteiger charge is 2.21. The monoisotopic (exact) mass is 396 g/mol. The Kier molecular flexibility index (Phi) is 5.55. The van der Waals surface area contributed by atoms with E-state index in [2.05, 4.69) is 45.7 Å². The number of carbonyl (C=O) groups excluding carboxylic acids is 1. The van der Waals surface area contributed by atoms with Crippen LogP contribution in [0.5, 0.6) is 0 Å². The molecule has 2 aromatic carbocycles. The molecular formula is C22H25ClN4O. The number of amides is 2. The van der Waals surface area contributed by atoms with Gasteiger partial charge >= 0.3 is 6.03 Å². The number of anilines is 1. The molecule has 2 heterocycles. The minimum atomic E-state index is -0.0591. The number of aryl methyl sites for hydroxylation is 1. The molecule has 0 saturated carbocycles. The summed E-state index contributed by atoms with van der Waals surface area (Å²) in [7, 11) is 0. The fraction of sp³-hybridized carbons (Fsp3) is 0.318. The summed E-state index contributed by atoms with van der Waals surface area (Å²) in [5.41, 5.74) is 4.29. The van der Waals surface area contributed by atoms with E-state index in [4.69, 9.17) is 11.6 Å². The second-order valence-corrected chi connectivity index (χ2v) is 7.74. The summed E-state index contributed by atoms with van der Waals surface area (Å²) < 4.78 is 0. The third kappa shape index (κ3) is 4.16. The number of nitrogens with zero attached hydrogens (tertiary/aromatic N) is 2. The van der Waals surface area contributed by atoms with Crippen LogP contribution in [-0.2, 0) is 6.42 Å². The van der Waals surface area contributed by atoms with Gasteiger partial charge in [0.2, 0.25) is 0 Å². The number of hydrogen-bond acceptors (Lipinski definition) is 2. The molecular weight excluding hydrogens is 372 g/mol. The number of para-hydroxylation sites is 1. The van der Waals surface area contributed by atoms with Crippen LogP contribution in [0, 0.1) is 6.92 Å². The van der Waals surface area contributed by atoms with Crippen LogP contribution >= 0.6 is 11.6 Å². The van der Waals surface area contributed by atoms with Gasteiger partial charge in [-0.2, -0.15) is 0 Å². The zero-order chi connectivity index (χ0) is 19.5. The summed E-state index contributed by atoms with van der Waals surface area (Å²) >= 11 is 6.14. The first kappa shape index (κ1) is 18.8. The van der Waals surface area contributed by atoms with Gasteiger partial charge in [0.15, 0.2) is 0 Å². The molecule has 4 rings (SSSR count). The van der Waals surface area contributed by atoms with Gasteiger partial charge in [-0.15, -0.1) is 0 Å². The smallest absolute Gasteiger partial charge is 0.321 e. The number of aromatic nitrogens is 1. The molecule has 0 unspecified atom stereocenters. The number of rotatable bonds is 4. The van der Waals surface area contributed by atoms with E-state index in [9.17, 15) is 4.79 Å². The Bertz CT molecular complexity index is 976. The van der Waals surface area contributed by atoms with Gasteiger partial charge in [-0.25, -0.2) is 4.79 Å². The highest BCUT2D eigenvalue weighted by atomic mass is 35.5. The van der Waals surface area contributed by atoms with Gasteiger partial charge in [0.05, 0.1) is 0 Å². The Labute approximate surface area is 170 Å². The van der Waals surface area contributed by atoms with Crippen LogP contribution in [0.3, 0.4) is 0 Å². The first-order valence-electron chi connectivity index (χ1n) is 9.69. The van der Waals surface area contributed by atoms with Gasteiger partial charge in [0, 0.05) is 60.5 Å². The van der Waals surface area contributed by atoms with Crippen molar-refractivity contribution in [3.05, 3.63) is 64.8 Å². The fourth-order valence-electron chi connectivity index (χ4n) is 3.66. The maximum Gasteiger partial charge on any atom is 0.321 e. The van der Waals surface area contributed by atoms with Crippen molar-refractivity contribution in [2.24, 2.45) is 0 Å².